The summed E-state index contributed by atoms with van der Waals surface area (Å²) in [7, 11) is 0. The molecule has 1 fully saturated rings. The van der Waals surface area contributed by atoms with Gasteiger partial charge in [0.25, 0.3) is 5.91 Å². The number of hydrogen-bond donors (Lipinski definition) is 3. The number of para-hydroxylation sites is 2. The molecule has 1 atom stereocenters. The van der Waals surface area contributed by atoms with E-state index in [0.29, 0.717) is 12.5 Å². The number of anilines is 2. The van der Waals surface area contributed by atoms with Crippen molar-refractivity contribution >= 4 is 41.7 Å². The second-order valence-corrected chi connectivity index (χ2v) is 7.43. The molecule has 1 aliphatic heterocycles. The molecule has 2 aromatic carbocycles. The molecular weight excluding hydrogens is 359 g/mol. The molecule has 25 heavy (non-hydrogen) atoms. The van der Waals surface area contributed by atoms with Gasteiger partial charge in [0.2, 0.25) is 0 Å². The zero-order valence-corrected chi connectivity index (χ0v) is 15.1. The third-order valence-electron chi connectivity index (χ3n) is 3.69. The maximum atomic E-state index is 13.5. The van der Waals surface area contributed by atoms with Crippen molar-refractivity contribution in [3.8, 4) is 0 Å². The summed E-state index contributed by atoms with van der Waals surface area (Å²) in [6.45, 7) is 0.802. The van der Waals surface area contributed by atoms with Crippen LogP contribution >= 0.6 is 24.4 Å². The van der Waals surface area contributed by atoms with Crippen LogP contribution in [0.4, 0.5) is 15.8 Å². The molecule has 0 aromatic heterocycles. The average Bonchev–Trinajstić information content (AvgIpc) is 2.63. The second-order valence-electron chi connectivity index (χ2n) is 5.55. The monoisotopic (exact) mass is 378 g/mol. The average molecular weight is 378 g/mol. The first-order chi connectivity index (χ1) is 12.1. The Morgan fingerprint density at radius 3 is 2.68 bits per heavy atom. The van der Waals surface area contributed by atoms with Gasteiger partial charge in [0.1, 0.15) is 10.5 Å². The Balaban J connectivity index is 1.54. The highest BCUT2D eigenvalue weighted by Crippen LogP contribution is 2.30. The van der Waals surface area contributed by atoms with Crippen molar-refractivity contribution in [2.45, 2.75) is 4.71 Å². The number of thioether (sulfide) groups is 1. The summed E-state index contributed by atoms with van der Waals surface area (Å²) in [5.41, 5.74) is 6.45. The van der Waals surface area contributed by atoms with E-state index in [1.807, 2.05) is 35.2 Å². The van der Waals surface area contributed by atoms with Gasteiger partial charge in [0.05, 0.1) is 18.9 Å². The van der Waals surface area contributed by atoms with E-state index in [4.69, 9.17) is 0 Å². The van der Waals surface area contributed by atoms with Gasteiger partial charge in [-0.1, -0.05) is 30.3 Å². The third kappa shape index (κ3) is 4.81. The Morgan fingerprint density at radius 1 is 1.20 bits per heavy atom. The summed E-state index contributed by atoms with van der Waals surface area (Å²) in [5, 5.41) is 0. The molecule has 0 radical (unpaired) electrons. The lowest BCUT2D eigenvalue weighted by atomic mass is 10.3. The van der Waals surface area contributed by atoms with Crippen LogP contribution in [0.2, 0.25) is 0 Å². The number of halogens is 1. The van der Waals surface area contributed by atoms with Crippen molar-refractivity contribution in [2.24, 2.45) is 0 Å². The Hall–Kier alpha value is -1.90. The lowest BCUT2D eigenvalue weighted by Crippen LogP contribution is -2.49. The van der Waals surface area contributed by atoms with E-state index in [0.717, 1.165) is 5.69 Å². The van der Waals surface area contributed by atoms with Gasteiger partial charge >= 0.3 is 0 Å². The van der Waals surface area contributed by atoms with Crippen LogP contribution in [0.5, 0.6) is 0 Å². The fourth-order valence-corrected chi connectivity index (χ4v) is 3.75. The van der Waals surface area contributed by atoms with Crippen molar-refractivity contribution in [2.75, 3.05) is 29.4 Å². The van der Waals surface area contributed by atoms with Crippen molar-refractivity contribution < 1.29 is 9.18 Å². The minimum Gasteiger partial charge on any atom is -0.338 e. The number of hydrogen-bond acceptors (Lipinski definition) is 6. The Kier molecular flexibility index (Phi) is 6.06. The molecule has 0 aliphatic carbocycles. The highest BCUT2D eigenvalue weighted by atomic mass is 32.2. The molecule has 5 nitrogen and oxygen atoms in total. The highest BCUT2D eigenvalue weighted by molar-refractivity contribution is 8.10. The van der Waals surface area contributed by atoms with Crippen LogP contribution < -0.4 is 15.8 Å². The Morgan fingerprint density at radius 2 is 1.92 bits per heavy atom. The van der Waals surface area contributed by atoms with Crippen molar-refractivity contribution in [1.29, 1.82) is 0 Å². The topological polar surface area (TPSA) is 47.6 Å². The van der Waals surface area contributed by atoms with Crippen LogP contribution in [-0.2, 0) is 4.79 Å². The van der Waals surface area contributed by atoms with Crippen LogP contribution in [0.15, 0.2) is 54.6 Å². The fourth-order valence-electron chi connectivity index (χ4n) is 2.45. The largest absolute Gasteiger partial charge is 0.338 e. The SMILES string of the molecule is O=C(CN1CSC(S)N(c2ccccc2)C1)NNc1ccccc1F. The minimum absolute atomic E-state index is 0.0400. The van der Waals surface area contributed by atoms with Gasteiger partial charge in [-0.2, -0.15) is 0 Å². The van der Waals surface area contributed by atoms with Crippen LogP contribution in [0.25, 0.3) is 0 Å². The number of benzene rings is 2. The fraction of sp³-hybridized carbons (Fsp3) is 0.235. The predicted molar refractivity (Wildman–Crippen MR) is 104 cm³/mol. The van der Waals surface area contributed by atoms with Crippen molar-refractivity contribution in [3.05, 3.63) is 60.4 Å². The molecule has 2 N–H and O–H groups in total. The number of rotatable bonds is 5. The van der Waals surface area contributed by atoms with E-state index in [1.165, 1.54) is 6.07 Å². The zero-order chi connectivity index (χ0) is 17.6. The Labute approximate surface area is 156 Å². The lowest BCUT2D eigenvalue weighted by molar-refractivity contribution is -0.121. The number of nitrogens with one attached hydrogen (secondary N) is 2. The molecule has 1 unspecified atom stereocenters. The van der Waals surface area contributed by atoms with Crippen LogP contribution in [0.3, 0.4) is 0 Å². The molecule has 8 heteroatoms. The standard InChI is InChI=1S/C17H19FN4OS2/c18-14-8-4-5-9-15(14)19-20-16(23)10-21-11-22(17(24)25-12-21)13-6-2-1-3-7-13/h1-9,17,19,24H,10-12H2,(H,20,23). The molecule has 1 heterocycles. The van der Waals surface area contributed by atoms with Gasteiger partial charge in [-0.05, 0) is 24.3 Å². The minimum atomic E-state index is -0.413. The van der Waals surface area contributed by atoms with Gasteiger partial charge in [-0.15, -0.1) is 24.4 Å². The molecule has 1 amide bonds. The first-order valence-electron chi connectivity index (χ1n) is 7.76. The lowest BCUT2D eigenvalue weighted by Gasteiger charge is -2.40. The molecule has 0 spiro atoms. The predicted octanol–water partition coefficient (Wildman–Crippen LogP) is 2.95. The highest BCUT2D eigenvalue weighted by Gasteiger charge is 2.26. The summed E-state index contributed by atoms with van der Waals surface area (Å²) in [6.07, 6.45) is 0. The number of hydrazine groups is 1. The van der Waals surface area contributed by atoms with E-state index in [9.17, 15) is 9.18 Å². The number of nitrogens with zero attached hydrogens (tertiary/aromatic N) is 2. The summed E-state index contributed by atoms with van der Waals surface area (Å²) in [4.78, 5) is 16.3. The first kappa shape index (κ1) is 17.9. The normalized spacial score (nSPS) is 18.0. The molecule has 0 bridgehead atoms. The van der Waals surface area contributed by atoms with Gasteiger partial charge in [-0.25, -0.2) is 4.39 Å². The second kappa shape index (κ2) is 8.46. The first-order valence-corrected chi connectivity index (χ1v) is 9.33. The third-order valence-corrected chi connectivity index (χ3v) is 5.48. The smallest absolute Gasteiger partial charge is 0.252 e. The number of amides is 1. The summed E-state index contributed by atoms with van der Waals surface area (Å²) in [6, 6.07) is 16.2. The van der Waals surface area contributed by atoms with E-state index in [1.54, 1.807) is 30.0 Å². The van der Waals surface area contributed by atoms with E-state index < -0.39 is 5.82 Å². The van der Waals surface area contributed by atoms with Gasteiger partial charge < -0.3 is 4.90 Å². The van der Waals surface area contributed by atoms with E-state index in [2.05, 4.69) is 28.4 Å². The van der Waals surface area contributed by atoms with E-state index >= 15 is 0 Å². The zero-order valence-electron chi connectivity index (χ0n) is 13.4. The summed E-state index contributed by atoms with van der Waals surface area (Å²) in [5.74, 6) is 0.0592. The van der Waals surface area contributed by atoms with Gasteiger partial charge in [0, 0.05) is 11.6 Å². The van der Waals surface area contributed by atoms with Crippen molar-refractivity contribution in [1.82, 2.24) is 10.3 Å². The van der Waals surface area contributed by atoms with Crippen LogP contribution in [-0.4, -0.2) is 34.6 Å². The maximum absolute atomic E-state index is 13.5. The number of thiol groups is 1. The summed E-state index contributed by atoms with van der Waals surface area (Å²) < 4.78 is 13.6. The molecule has 132 valence electrons. The van der Waals surface area contributed by atoms with Gasteiger partial charge in [0.15, 0.2) is 0 Å². The number of carbonyl (C=O) groups is 1. The van der Waals surface area contributed by atoms with Crippen molar-refractivity contribution in [3.63, 3.8) is 0 Å². The van der Waals surface area contributed by atoms with Crippen LogP contribution in [0, 0.1) is 5.82 Å². The molecule has 1 saturated heterocycles. The molecule has 3 rings (SSSR count). The van der Waals surface area contributed by atoms with Gasteiger partial charge in [-0.3, -0.25) is 20.5 Å². The molecule has 0 saturated carbocycles. The maximum Gasteiger partial charge on any atom is 0.252 e. The Bertz CT molecular complexity index is 719. The van der Waals surface area contributed by atoms with E-state index in [-0.39, 0.29) is 22.8 Å². The molecule has 2 aromatic rings. The number of carbonyl (C=O) groups excluding carboxylic acids is 1. The summed E-state index contributed by atoms with van der Waals surface area (Å²) >= 11 is 6.25. The molecular formula is C17H19FN4OS2. The van der Waals surface area contributed by atoms with Crippen LogP contribution in [0.1, 0.15) is 0 Å². The molecule has 1 aliphatic rings. The quantitative estimate of drug-likeness (QED) is 0.552.